The van der Waals surface area contributed by atoms with Gasteiger partial charge < -0.3 is 9.84 Å². The number of aryl methyl sites for hydroxylation is 1. The number of allylic oxidation sites excluding steroid dienone is 1. The van der Waals surface area contributed by atoms with E-state index in [1.165, 1.54) is 24.4 Å². The van der Waals surface area contributed by atoms with E-state index in [0.29, 0.717) is 22.5 Å². The van der Waals surface area contributed by atoms with E-state index in [-0.39, 0.29) is 16.6 Å². The van der Waals surface area contributed by atoms with Gasteiger partial charge in [0.15, 0.2) is 5.78 Å². The lowest BCUT2D eigenvalue weighted by Gasteiger charge is -2.07. The molecule has 7 nitrogen and oxygen atoms in total. The molecule has 0 radical (unpaired) electrons. The number of carbonyl (C=O) groups excluding carboxylic acids is 1. The first-order valence-electron chi connectivity index (χ1n) is 9.85. The van der Waals surface area contributed by atoms with Crippen LogP contribution in [-0.2, 0) is 10.0 Å². The van der Waals surface area contributed by atoms with Crippen molar-refractivity contribution in [2.45, 2.75) is 18.7 Å². The van der Waals surface area contributed by atoms with Crippen LogP contribution < -0.4 is 10.0 Å². The summed E-state index contributed by atoms with van der Waals surface area (Å²) in [7, 11) is -3.81. The average molecular weight is 448 g/mol. The van der Waals surface area contributed by atoms with Gasteiger partial charge in [-0.25, -0.2) is 13.1 Å². The number of hydrogen-bond donors (Lipinski definition) is 2. The van der Waals surface area contributed by atoms with Crippen LogP contribution in [0.3, 0.4) is 0 Å². The number of benzene rings is 3. The van der Waals surface area contributed by atoms with Gasteiger partial charge in [-0.15, -0.1) is 0 Å². The number of hydrogen-bond acceptors (Lipinski definition) is 6. The van der Waals surface area contributed by atoms with Crippen molar-refractivity contribution >= 4 is 38.2 Å². The van der Waals surface area contributed by atoms with Crippen LogP contribution in [0.2, 0.25) is 0 Å². The fourth-order valence-electron chi connectivity index (χ4n) is 3.07. The molecule has 1 heterocycles. The highest BCUT2D eigenvalue weighted by atomic mass is 32.2. The lowest BCUT2D eigenvalue weighted by molar-refractivity contribution is 0.104. The lowest BCUT2D eigenvalue weighted by Crippen LogP contribution is -2.13. The monoisotopic (exact) mass is 447 g/mol. The minimum atomic E-state index is -3.81. The number of ketones is 1. The summed E-state index contributed by atoms with van der Waals surface area (Å²) in [6, 6.07) is 19.5. The number of nitrogens with zero attached hydrogens (tertiary/aromatic N) is 1. The van der Waals surface area contributed by atoms with Crippen LogP contribution in [0.5, 0.6) is 0 Å². The van der Waals surface area contributed by atoms with E-state index in [9.17, 15) is 13.2 Å². The average Bonchev–Trinajstić information content (AvgIpc) is 3.10. The minimum absolute atomic E-state index is 0.0766. The fourth-order valence-corrected chi connectivity index (χ4v) is 4.12. The fraction of sp³-hybridized carbons (Fsp3) is 0.0833. The van der Waals surface area contributed by atoms with E-state index in [0.717, 1.165) is 10.8 Å². The van der Waals surface area contributed by atoms with Crippen molar-refractivity contribution in [1.29, 1.82) is 0 Å². The Hall–Kier alpha value is -3.91. The van der Waals surface area contributed by atoms with Gasteiger partial charge in [-0.05, 0) is 55.0 Å². The number of carbonyl (C=O) groups is 1. The molecule has 0 saturated carbocycles. The normalized spacial score (nSPS) is 11.7. The molecule has 1 aromatic heterocycles. The maximum Gasteiger partial charge on any atom is 0.264 e. The Morgan fingerprint density at radius 1 is 0.969 bits per heavy atom. The molecule has 3 aromatic carbocycles. The zero-order chi connectivity index (χ0) is 22.7. The van der Waals surface area contributed by atoms with Gasteiger partial charge in [0, 0.05) is 29.1 Å². The van der Waals surface area contributed by atoms with Crippen LogP contribution >= 0.6 is 0 Å². The first kappa shape index (κ1) is 21.3. The number of fused-ring (bicyclic) bond motifs is 1. The van der Waals surface area contributed by atoms with Crippen molar-refractivity contribution < 1.29 is 17.7 Å². The van der Waals surface area contributed by atoms with Crippen LogP contribution in [-0.4, -0.2) is 19.4 Å². The molecule has 0 spiro atoms. The van der Waals surface area contributed by atoms with Gasteiger partial charge in [0.25, 0.3) is 10.0 Å². The SMILES string of the molecule is Cc1noc(NS(=O)(=O)c2ccc(N/C=C/C(=O)c3ccc4ccccc4c3)cc2)c1C. The third-order valence-electron chi connectivity index (χ3n) is 5.07. The highest BCUT2D eigenvalue weighted by Gasteiger charge is 2.19. The highest BCUT2D eigenvalue weighted by Crippen LogP contribution is 2.22. The topological polar surface area (TPSA) is 101 Å². The summed E-state index contributed by atoms with van der Waals surface area (Å²) in [5.74, 6) is -0.0378. The summed E-state index contributed by atoms with van der Waals surface area (Å²) >= 11 is 0. The Kier molecular flexibility index (Phi) is 5.79. The maximum absolute atomic E-state index is 12.5. The van der Waals surface area contributed by atoms with E-state index in [1.54, 1.807) is 32.0 Å². The van der Waals surface area contributed by atoms with Crippen LogP contribution in [0.4, 0.5) is 11.6 Å². The third kappa shape index (κ3) is 4.55. The van der Waals surface area contributed by atoms with Crippen molar-refractivity contribution in [2.75, 3.05) is 10.0 Å². The van der Waals surface area contributed by atoms with E-state index in [4.69, 9.17) is 4.52 Å². The van der Waals surface area contributed by atoms with Gasteiger partial charge in [0.1, 0.15) is 0 Å². The molecular formula is C24H21N3O4S. The predicted octanol–water partition coefficient (Wildman–Crippen LogP) is 5.05. The molecule has 0 amide bonds. The van der Waals surface area contributed by atoms with Crippen molar-refractivity contribution in [3.8, 4) is 0 Å². The molecule has 0 atom stereocenters. The summed E-state index contributed by atoms with van der Waals surface area (Å²) in [6.07, 6.45) is 2.96. The van der Waals surface area contributed by atoms with Crippen LogP contribution in [0, 0.1) is 13.8 Å². The summed E-state index contributed by atoms with van der Waals surface area (Å²) in [4.78, 5) is 12.5. The molecule has 162 valence electrons. The van der Waals surface area contributed by atoms with E-state index in [2.05, 4.69) is 15.2 Å². The van der Waals surface area contributed by atoms with Gasteiger partial charge in [0.05, 0.1) is 10.6 Å². The molecule has 0 aliphatic heterocycles. The van der Waals surface area contributed by atoms with Gasteiger partial charge in [-0.3, -0.25) is 4.79 Å². The van der Waals surface area contributed by atoms with E-state index in [1.807, 2.05) is 36.4 Å². The predicted molar refractivity (Wildman–Crippen MR) is 124 cm³/mol. The molecule has 2 N–H and O–H groups in total. The molecule has 0 aliphatic rings. The highest BCUT2D eigenvalue weighted by molar-refractivity contribution is 7.92. The van der Waals surface area contributed by atoms with E-state index < -0.39 is 10.0 Å². The van der Waals surface area contributed by atoms with Gasteiger partial charge in [-0.2, -0.15) is 0 Å². The second-order valence-electron chi connectivity index (χ2n) is 7.26. The summed E-state index contributed by atoms with van der Waals surface area (Å²) in [5.41, 5.74) is 2.48. The molecule has 0 aliphatic carbocycles. The van der Waals surface area contributed by atoms with Crippen LogP contribution in [0.1, 0.15) is 21.6 Å². The molecule has 0 unspecified atom stereocenters. The first-order chi connectivity index (χ1) is 15.3. The van der Waals surface area contributed by atoms with Crippen LogP contribution in [0.25, 0.3) is 10.8 Å². The Balaban J connectivity index is 1.41. The van der Waals surface area contributed by atoms with Gasteiger partial charge in [0.2, 0.25) is 5.88 Å². The molecule has 4 aromatic rings. The third-order valence-corrected chi connectivity index (χ3v) is 6.41. The molecule has 8 heteroatoms. The summed E-state index contributed by atoms with van der Waals surface area (Å²) in [6.45, 7) is 3.46. The van der Waals surface area contributed by atoms with Crippen molar-refractivity contribution in [3.05, 3.63) is 95.8 Å². The quantitative estimate of drug-likeness (QED) is 0.304. The number of nitrogens with one attached hydrogen (secondary N) is 2. The zero-order valence-electron chi connectivity index (χ0n) is 17.5. The molecule has 4 rings (SSSR count). The summed E-state index contributed by atoms with van der Waals surface area (Å²) < 4.78 is 32.5. The largest absolute Gasteiger partial charge is 0.362 e. The summed E-state index contributed by atoms with van der Waals surface area (Å²) in [5, 5.41) is 8.80. The van der Waals surface area contributed by atoms with Crippen molar-refractivity contribution in [1.82, 2.24) is 5.16 Å². The van der Waals surface area contributed by atoms with Crippen molar-refractivity contribution in [2.24, 2.45) is 0 Å². The number of rotatable bonds is 7. The smallest absolute Gasteiger partial charge is 0.264 e. The Morgan fingerprint density at radius 3 is 2.38 bits per heavy atom. The minimum Gasteiger partial charge on any atom is -0.362 e. The molecule has 32 heavy (non-hydrogen) atoms. The van der Waals surface area contributed by atoms with Crippen LogP contribution in [0.15, 0.2) is 88.4 Å². The lowest BCUT2D eigenvalue weighted by atomic mass is 10.0. The zero-order valence-corrected chi connectivity index (χ0v) is 18.3. The maximum atomic E-state index is 12.5. The Morgan fingerprint density at radius 2 is 1.69 bits per heavy atom. The molecule has 0 saturated heterocycles. The molecule has 0 bridgehead atoms. The molecular weight excluding hydrogens is 426 g/mol. The number of sulfonamides is 1. The second-order valence-corrected chi connectivity index (χ2v) is 8.94. The van der Waals surface area contributed by atoms with Gasteiger partial charge >= 0.3 is 0 Å². The first-order valence-corrected chi connectivity index (χ1v) is 11.3. The number of aromatic nitrogens is 1. The molecule has 0 fully saturated rings. The Bertz CT molecular complexity index is 1420. The van der Waals surface area contributed by atoms with Gasteiger partial charge in [-0.1, -0.05) is 41.6 Å². The van der Waals surface area contributed by atoms with Crippen molar-refractivity contribution in [3.63, 3.8) is 0 Å². The van der Waals surface area contributed by atoms with E-state index >= 15 is 0 Å². The standard InChI is InChI=1S/C24H21N3O4S/c1-16-17(2)26-31-24(16)27-32(29,30)22-11-9-21(10-12-22)25-14-13-23(28)20-8-7-18-5-3-4-6-19(18)15-20/h3-15,25,27H,1-2H3/b14-13+. The number of anilines is 2. The Labute approximate surface area is 185 Å². The second kappa shape index (κ2) is 8.68.